The molecule has 3 nitrogen and oxygen atoms in total. The molecule has 5 heteroatoms. The molecule has 0 saturated heterocycles. The molecular weight excluding hydrogens is 228 g/mol. The van der Waals surface area contributed by atoms with Gasteiger partial charge in [0.05, 0.1) is 17.9 Å². The monoisotopic (exact) mass is 239 g/mol. The van der Waals surface area contributed by atoms with E-state index in [9.17, 15) is 18.4 Å². The molecule has 17 heavy (non-hydrogen) atoms. The van der Waals surface area contributed by atoms with Crippen LogP contribution in [0.15, 0.2) is 12.1 Å². The number of carbonyl (C=O) groups excluding carboxylic acids is 2. The molecule has 1 aliphatic rings. The summed E-state index contributed by atoms with van der Waals surface area (Å²) in [5, 5.41) is 0. The number of Topliss-reactive ketones (excluding diaryl/α,β-unsaturated/α-hetero) is 1. The standard InChI is InChI=1S/C12H11F2NO2/c1-7-5-8(14)6-9-10(7)15(4-2-3-13)12(17)11(9)16/h5-6H,2-4H2,1H3. The van der Waals surface area contributed by atoms with Crippen LogP contribution >= 0.6 is 0 Å². The lowest BCUT2D eigenvalue weighted by Gasteiger charge is -2.17. The van der Waals surface area contributed by atoms with Gasteiger partial charge in [-0.2, -0.15) is 0 Å². The third kappa shape index (κ3) is 1.81. The summed E-state index contributed by atoms with van der Waals surface area (Å²) in [4.78, 5) is 24.5. The fraction of sp³-hybridized carbons (Fsp3) is 0.333. The maximum absolute atomic E-state index is 13.2. The van der Waals surface area contributed by atoms with Crippen LogP contribution in [-0.4, -0.2) is 24.9 Å². The number of ketones is 1. The fourth-order valence-electron chi connectivity index (χ4n) is 2.04. The molecule has 0 aliphatic carbocycles. The lowest BCUT2D eigenvalue weighted by molar-refractivity contribution is -0.114. The highest BCUT2D eigenvalue weighted by Gasteiger charge is 2.36. The number of hydrogen-bond acceptors (Lipinski definition) is 2. The first kappa shape index (κ1) is 11.7. The number of hydrogen-bond donors (Lipinski definition) is 0. The Balaban J connectivity index is 2.48. The normalized spacial score (nSPS) is 14.4. The van der Waals surface area contributed by atoms with E-state index >= 15 is 0 Å². The Labute approximate surface area is 97.0 Å². The summed E-state index contributed by atoms with van der Waals surface area (Å²) in [5.74, 6) is -1.97. The lowest BCUT2D eigenvalue weighted by Crippen LogP contribution is -2.31. The van der Waals surface area contributed by atoms with Crippen molar-refractivity contribution >= 4 is 17.4 Å². The number of fused-ring (bicyclic) bond motifs is 1. The molecule has 1 aliphatic heterocycles. The molecule has 0 unspecified atom stereocenters. The number of amides is 1. The molecule has 1 heterocycles. The Morgan fingerprint density at radius 1 is 1.29 bits per heavy atom. The van der Waals surface area contributed by atoms with Gasteiger partial charge in [-0.3, -0.25) is 14.0 Å². The molecule has 1 amide bonds. The van der Waals surface area contributed by atoms with Crippen molar-refractivity contribution in [1.82, 2.24) is 0 Å². The number of aryl methyl sites for hydroxylation is 1. The highest BCUT2D eigenvalue weighted by atomic mass is 19.1. The van der Waals surface area contributed by atoms with Gasteiger partial charge in [0.25, 0.3) is 11.7 Å². The van der Waals surface area contributed by atoms with E-state index in [1.54, 1.807) is 6.92 Å². The first-order chi connectivity index (χ1) is 8.06. The zero-order valence-electron chi connectivity index (χ0n) is 9.30. The summed E-state index contributed by atoms with van der Waals surface area (Å²) in [6.07, 6.45) is 0.162. The quantitative estimate of drug-likeness (QED) is 0.757. The predicted molar refractivity (Wildman–Crippen MR) is 58.4 cm³/mol. The number of carbonyl (C=O) groups is 2. The van der Waals surface area contributed by atoms with Gasteiger partial charge in [0.1, 0.15) is 5.82 Å². The lowest BCUT2D eigenvalue weighted by atomic mass is 10.1. The third-order valence-electron chi connectivity index (χ3n) is 2.73. The van der Waals surface area contributed by atoms with E-state index in [-0.39, 0.29) is 18.5 Å². The molecule has 0 aromatic heterocycles. The molecule has 0 saturated carbocycles. The molecule has 1 aromatic carbocycles. The second kappa shape index (κ2) is 4.24. The van der Waals surface area contributed by atoms with Crippen molar-refractivity contribution in [2.75, 3.05) is 18.1 Å². The van der Waals surface area contributed by atoms with Crippen LogP contribution in [-0.2, 0) is 4.79 Å². The number of anilines is 1. The minimum atomic E-state index is -0.721. The highest BCUT2D eigenvalue weighted by molar-refractivity contribution is 6.52. The van der Waals surface area contributed by atoms with E-state index in [2.05, 4.69) is 0 Å². The van der Waals surface area contributed by atoms with Crippen LogP contribution in [0, 0.1) is 12.7 Å². The Bertz CT molecular complexity index is 500. The van der Waals surface area contributed by atoms with Gasteiger partial charge < -0.3 is 4.90 Å². The van der Waals surface area contributed by atoms with Gasteiger partial charge >= 0.3 is 0 Å². The van der Waals surface area contributed by atoms with Crippen molar-refractivity contribution in [2.24, 2.45) is 0 Å². The van der Waals surface area contributed by atoms with Gasteiger partial charge in [-0.25, -0.2) is 4.39 Å². The summed E-state index contributed by atoms with van der Waals surface area (Å²) in [5.41, 5.74) is 0.999. The molecule has 0 fully saturated rings. The minimum Gasteiger partial charge on any atom is -0.304 e. The summed E-state index contributed by atoms with van der Waals surface area (Å²) < 4.78 is 25.3. The molecular formula is C12H11F2NO2. The fourth-order valence-corrected chi connectivity index (χ4v) is 2.04. The molecule has 0 atom stereocenters. The zero-order chi connectivity index (χ0) is 12.6. The van der Waals surface area contributed by atoms with E-state index in [0.717, 1.165) is 6.07 Å². The van der Waals surface area contributed by atoms with Crippen LogP contribution in [0.1, 0.15) is 22.3 Å². The van der Waals surface area contributed by atoms with Crippen LogP contribution in [0.25, 0.3) is 0 Å². The first-order valence-electron chi connectivity index (χ1n) is 5.28. The van der Waals surface area contributed by atoms with Crippen LogP contribution in [0.5, 0.6) is 0 Å². The van der Waals surface area contributed by atoms with E-state index < -0.39 is 24.2 Å². The number of halogens is 2. The Morgan fingerprint density at radius 3 is 2.65 bits per heavy atom. The van der Waals surface area contributed by atoms with Crippen molar-refractivity contribution in [3.63, 3.8) is 0 Å². The van der Waals surface area contributed by atoms with Gasteiger partial charge in [0.2, 0.25) is 0 Å². The van der Waals surface area contributed by atoms with Crippen molar-refractivity contribution in [1.29, 1.82) is 0 Å². The Morgan fingerprint density at radius 2 is 2.00 bits per heavy atom. The van der Waals surface area contributed by atoms with Crippen LogP contribution < -0.4 is 4.90 Å². The number of alkyl halides is 1. The number of nitrogens with zero attached hydrogens (tertiary/aromatic N) is 1. The van der Waals surface area contributed by atoms with Gasteiger partial charge in [-0.1, -0.05) is 0 Å². The number of rotatable bonds is 3. The molecule has 0 bridgehead atoms. The summed E-state index contributed by atoms with van der Waals surface area (Å²) in [6.45, 7) is 1.20. The highest BCUT2D eigenvalue weighted by Crippen LogP contribution is 2.33. The van der Waals surface area contributed by atoms with E-state index in [1.165, 1.54) is 11.0 Å². The van der Waals surface area contributed by atoms with Crippen LogP contribution in [0.3, 0.4) is 0 Å². The molecule has 1 aromatic rings. The summed E-state index contributed by atoms with van der Waals surface area (Å²) >= 11 is 0. The van der Waals surface area contributed by atoms with Crippen molar-refractivity contribution in [2.45, 2.75) is 13.3 Å². The first-order valence-corrected chi connectivity index (χ1v) is 5.28. The molecule has 90 valence electrons. The predicted octanol–water partition coefficient (Wildman–Crippen LogP) is 2.02. The topological polar surface area (TPSA) is 37.4 Å². The smallest absolute Gasteiger partial charge is 0.299 e. The van der Waals surface area contributed by atoms with Crippen LogP contribution in [0.2, 0.25) is 0 Å². The van der Waals surface area contributed by atoms with Gasteiger partial charge in [-0.15, -0.1) is 0 Å². The van der Waals surface area contributed by atoms with E-state index in [0.29, 0.717) is 11.3 Å². The summed E-state index contributed by atoms with van der Waals surface area (Å²) in [6, 6.07) is 2.31. The second-order valence-corrected chi connectivity index (χ2v) is 3.95. The second-order valence-electron chi connectivity index (χ2n) is 3.95. The maximum Gasteiger partial charge on any atom is 0.299 e. The average molecular weight is 239 g/mol. The van der Waals surface area contributed by atoms with Gasteiger partial charge in [0.15, 0.2) is 0 Å². The SMILES string of the molecule is Cc1cc(F)cc2c1N(CCCF)C(=O)C2=O. The van der Waals surface area contributed by atoms with Gasteiger partial charge in [-0.05, 0) is 31.0 Å². The van der Waals surface area contributed by atoms with Gasteiger partial charge in [0, 0.05) is 6.54 Å². The maximum atomic E-state index is 13.2. The van der Waals surface area contributed by atoms with E-state index in [1.807, 2.05) is 0 Å². The Kier molecular flexibility index (Phi) is 2.92. The Hall–Kier alpha value is -1.78. The third-order valence-corrected chi connectivity index (χ3v) is 2.73. The van der Waals surface area contributed by atoms with Crippen molar-refractivity contribution in [3.05, 3.63) is 29.1 Å². The van der Waals surface area contributed by atoms with Crippen molar-refractivity contribution in [3.8, 4) is 0 Å². The molecule has 2 rings (SSSR count). The average Bonchev–Trinajstić information content (AvgIpc) is 2.51. The molecule has 0 spiro atoms. The van der Waals surface area contributed by atoms with Crippen LogP contribution in [0.4, 0.5) is 14.5 Å². The molecule has 0 N–H and O–H groups in total. The van der Waals surface area contributed by atoms with Crippen molar-refractivity contribution < 1.29 is 18.4 Å². The zero-order valence-corrected chi connectivity index (χ0v) is 9.30. The summed E-state index contributed by atoms with van der Waals surface area (Å²) in [7, 11) is 0. The minimum absolute atomic E-state index is 0.0753. The molecule has 0 radical (unpaired) electrons. The van der Waals surface area contributed by atoms with E-state index in [4.69, 9.17) is 0 Å². The number of benzene rings is 1. The largest absolute Gasteiger partial charge is 0.304 e.